The molecule has 0 spiro atoms. The Labute approximate surface area is 133 Å². The molecule has 1 unspecified atom stereocenters. The van der Waals surface area contributed by atoms with E-state index in [1.807, 2.05) is 30.3 Å². The van der Waals surface area contributed by atoms with Gasteiger partial charge in [0.25, 0.3) is 5.69 Å². The molecule has 0 saturated carbocycles. The van der Waals surface area contributed by atoms with E-state index in [1.54, 1.807) is 6.08 Å². The first-order valence-electron chi connectivity index (χ1n) is 6.92. The van der Waals surface area contributed by atoms with Gasteiger partial charge in [-0.1, -0.05) is 36.4 Å². The molecular formula is C16H14N2O4S. The molecule has 2 aromatic carbocycles. The summed E-state index contributed by atoms with van der Waals surface area (Å²) in [6, 6.07) is 13.6. The molecule has 118 valence electrons. The van der Waals surface area contributed by atoms with Crippen LogP contribution in [0.5, 0.6) is 0 Å². The average Bonchev–Trinajstić information content (AvgIpc) is 3.31. The number of sulfonamides is 1. The Kier molecular flexibility index (Phi) is 3.75. The molecule has 1 fully saturated rings. The molecule has 3 rings (SSSR count). The van der Waals surface area contributed by atoms with Gasteiger partial charge in [-0.05, 0) is 17.7 Å². The Balaban J connectivity index is 1.93. The van der Waals surface area contributed by atoms with Gasteiger partial charge < -0.3 is 0 Å². The summed E-state index contributed by atoms with van der Waals surface area (Å²) >= 11 is 0. The van der Waals surface area contributed by atoms with E-state index in [9.17, 15) is 18.5 Å². The minimum Gasteiger partial charge on any atom is -0.258 e. The van der Waals surface area contributed by atoms with Crippen molar-refractivity contribution in [2.24, 2.45) is 0 Å². The van der Waals surface area contributed by atoms with Crippen molar-refractivity contribution < 1.29 is 13.3 Å². The van der Waals surface area contributed by atoms with Crippen molar-refractivity contribution >= 4 is 15.7 Å². The van der Waals surface area contributed by atoms with E-state index in [2.05, 4.69) is 6.58 Å². The highest BCUT2D eigenvalue weighted by Crippen LogP contribution is 2.48. The van der Waals surface area contributed by atoms with E-state index in [-0.39, 0.29) is 22.7 Å². The molecule has 7 heteroatoms. The summed E-state index contributed by atoms with van der Waals surface area (Å²) in [7, 11) is -3.73. The summed E-state index contributed by atoms with van der Waals surface area (Å²) in [5.74, 6) is 0. The fourth-order valence-electron chi connectivity index (χ4n) is 2.63. The summed E-state index contributed by atoms with van der Waals surface area (Å²) in [5, 5.41) is 10.7. The summed E-state index contributed by atoms with van der Waals surface area (Å²) in [5.41, 5.74) is 0.748. The van der Waals surface area contributed by atoms with Crippen molar-refractivity contribution in [3.05, 3.63) is 82.9 Å². The Bertz CT molecular complexity index is 847. The second-order valence-corrected chi connectivity index (χ2v) is 7.01. The predicted octanol–water partition coefficient (Wildman–Crippen LogP) is 2.90. The number of nitro benzene ring substituents is 1. The van der Waals surface area contributed by atoms with Crippen LogP contribution < -0.4 is 0 Å². The lowest BCUT2D eigenvalue weighted by Crippen LogP contribution is -2.14. The first kappa shape index (κ1) is 15.4. The highest BCUT2D eigenvalue weighted by atomic mass is 32.2. The molecule has 1 heterocycles. The van der Waals surface area contributed by atoms with E-state index in [4.69, 9.17) is 0 Å². The first-order chi connectivity index (χ1) is 11.0. The highest BCUT2D eigenvalue weighted by molar-refractivity contribution is 7.89. The third-order valence-electron chi connectivity index (χ3n) is 3.81. The molecule has 2 aromatic rings. The molecule has 1 aliphatic rings. The number of non-ortho nitro benzene ring substituents is 1. The van der Waals surface area contributed by atoms with Crippen molar-refractivity contribution in [3.8, 4) is 0 Å². The number of benzene rings is 2. The lowest BCUT2D eigenvalue weighted by Gasteiger charge is -2.06. The number of rotatable bonds is 5. The molecule has 0 radical (unpaired) electrons. The summed E-state index contributed by atoms with van der Waals surface area (Å²) < 4.78 is 26.8. The van der Waals surface area contributed by atoms with Crippen LogP contribution in [0.2, 0.25) is 0 Å². The van der Waals surface area contributed by atoms with Crippen molar-refractivity contribution in [3.63, 3.8) is 0 Å². The third kappa shape index (κ3) is 2.64. The van der Waals surface area contributed by atoms with Gasteiger partial charge in [0.2, 0.25) is 10.0 Å². The van der Waals surface area contributed by atoms with E-state index in [0.29, 0.717) is 0 Å². The normalized spacial score (nSPS) is 23.2. The average molecular weight is 330 g/mol. The molecule has 0 N–H and O–H groups in total. The molecule has 1 saturated heterocycles. The van der Waals surface area contributed by atoms with Crippen LogP contribution in [-0.4, -0.2) is 23.7 Å². The first-order valence-corrected chi connectivity index (χ1v) is 8.36. The van der Waals surface area contributed by atoms with Crippen molar-refractivity contribution in [1.82, 2.24) is 4.31 Å². The number of hydrogen-bond acceptors (Lipinski definition) is 4. The molecule has 0 aliphatic carbocycles. The lowest BCUT2D eigenvalue weighted by atomic mass is 10.1. The van der Waals surface area contributed by atoms with Gasteiger partial charge in [0, 0.05) is 12.1 Å². The van der Waals surface area contributed by atoms with Gasteiger partial charge in [0.15, 0.2) is 0 Å². The smallest absolute Gasteiger partial charge is 0.258 e. The monoisotopic (exact) mass is 330 g/mol. The fraction of sp³-hybridized carbons (Fsp3) is 0.125. The highest BCUT2D eigenvalue weighted by Gasteiger charge is 2.54. The van der Waals surface area contributed by atoms with Crippen LogP contribution in [0.4, 0.5) is 5.69 Å². The largest absolute Gasteiger partial charge is 0.269 e. The van der Waals surface area contributed by atoms with E-state index >= 15 is 0 Å². The molecule has 0 amide bonds. The predicted molar refractivity (Wildman–Crippen MR) is 85.3 cm³/mol. The number of nitrogens with zero attached hydrogens (tertiary/aromatic N) is 2. The fourth-order valence-corrected chi connectivity index (χ4v) is 4.36. The Hall–Kier alpha value is -2.51. The molecule has 1 aliphatic heterocycles. The van der Waals surface area contributed by atoms with Gasteiger partial charge in [0.1, 0.15) is 0 Å². The van der Waals surface area contributed by atoms with Gasteiger partial charge in [0.05, 0.1) is 21.9 Å². The summed E-state index contributed by atoms with van der Waals surface area (Å²) in [6.45, 7) is 3.70. The molecule has 23 heavy (non-hydrogen) atoms. The summed E-state index contributed by atoms with van der Waals surface area (Å²) in [4.78, 5) is 10.1. The van der Waals surface area contributed by atoms with E-state index in [0.717, 1.165) is 5.56 Å². The van der Waals surface area contributed by atoms with Gasteiger partial charge >= 0.3 is 0 Å². The van der Waals surface area contributed by atoms with Crippen LogP contribution in [0.1, 0.15) is 11.6 Å². The third-order valence-corrected chi connectivity index (χ3v) is 5.70. The zero-order valence-corrected chi connectivity index (χ0v) is 12.9. The minimum atomic E-state index is -3.73. The van der Waals surface area contributed by atoms with Gasteiger partial charge in [-0.2, -0.15) is 4.31 Å². The molecule has 0 bridgehead atoms. The maximum absolute atomic E-state index is 12.7. The Morgan fingerprint density at radius 2 is 1.70 bits per heavy atom. The Morgan fingerprint density at radius 3 is 2.22 bits per heavy atom. The van der Waals surface area contributed by atoms with Gasteiger partial charge in [-0.25, -0.2) is 8.42 Å². The SMILES string of the molecule is C=C[C@@H]1[C@@H](c2ccccc2)N1S(=O)(=O)c1ccc([N+](=O)[O-])cc1. The van der Waals surface area contributed by atoms with Crippen LogP contribution >= 0.6 is 0 Å². The zero-order valence-electron chi connectivity index (χ0n) is 12.1. The Morgan fingerprint density at radius 1 is 1.09 bits per heavy atom. The van der Waals surface area contributed by atoms with E-state index < -0.39 is 14.9 Å². The van der Waals surface area contributed by atoms with Crippen molar-refractivity contribution in [1.29, 1.82) is 0 Å². The molecule has 3 atom stereocenters. The van der Waals surface area contributed by atoms with Crippen LogP contribution in [0, 0.1) is 10.1 Å². The minimum absolute atomic E-state index is 0.0355. The van der Waals surface area contributed by atoms with Crippen LogP contribution in [0.15, 0.2) is 72.1 Å². The van der Waals surface area contributed by atoms with Crippen LogP contribution in [0.3, 0.4) is 0 Å². The quantitative estimate of drug-likeness (QED) is 0.365. The topological polar surface area (TPSA) is 80.3 Å². The van der Waals surface area contributed by atoms with Crippen molar-refractivity contribution in [2.45, 2.75) is 17.0 Å². The lowest BCUT2D eigenvalue weighted by molar-refractivity contribution is -0.384. The molecular weight excluding hydrogens is 316 g/mol. The molecule has 6 nitrogen and oxygen atoms in total. The van der Waals surface area contributed by atoms with Gasteiger partial charge in [-0.15, -0.1) is 6.58 Å². The second-order valence-electron chi connectivity index (χ2n) is 5.17. The second kappa shape index (κ2) is 5.60. The zero-order chi connectivity index (χ0) is 16.6. The molecule has 0 aromatic heterocycles. The van der Waals surface area contributed by atoms with Crippen molar-refractivity contribution in [2.75, 3.05) is 0 Å². The number of hydrogen-bond donors (Lipinski definition) is 0. The van der Waals surface area contributed by atoms with E-state index in [1.165, 1.54) is 28.6 Å². The maximum atomic E-state index is 12.7. The van der Waals surface area contributed by atoms with Crippen LogP contribution in [0.25, 0.3) is 0 Å². The standard InChI is InChI=1S/C16H14N2O4S/c1-2-15-16(12-6-4-3-5-7-12)17(15)23(21,22)14-10-8-13(9-11-14)18(19)20/h2-11,15-16H,1H2/t15-,16-,17?/m1/s1. The van der Waals surface area contributed by atoms with Gasteiger partial charge in [-0.3, -0.25) is 10.1 Å². The maximum Gasteiger partial charge on any atom is 0.269 e. The number of nitro groups is 1. The summed E-state index contributed by atoms with van der Waals surface area (Å²) in [6.07, 6.45) is 1.60. The van der Waals surface area contributed by atoms with Crippen LogP contribution in [-0.2, 0) is 10.0 Å².